The summed E-state index contributed by atoms with van der Waals surface area (Å²) in [5, 5.41) is 8.66. The van der Waals surface area contributed by atoms with E-state index in [-0.39, 0.29) is 36.2 Å². The minimum Gasteiger partial charge on any atom is -0.392 e. The molecule has 0 radical (unpaired) electrons. The van der Waals surface area contributed by atoms with E-state index in [2.05, 4.69) is 34.6 Å². The van der Waals surface area contributed by atoms with Crippen LogP contribution >= 0.6 is 0 Å². The van der Waals surface area contributed by atoms with Crippen LogP contribution in [-0.2, 0) is 10.4 Å². The van der Waals surface area contributed by atoms with Gasteiger partial charge in [-0.3, -0.25) is 9.11 Å². The van der Waals surface area contributed by atoms with Gasteiger partial charge in [-0.15, -0.1) is 12.1 Å². The van der Waals surface area contributed by atoms with Crippen molar-refractivity contribution in [2.45, 2.75) is 27.7 Å². The number of hydrogen-bond donors (Lipinski definition) is 3. The average molecular weight is 354 g/mol. The Balaban J connectivity index is -0.000000270. The molecule has 0 unspecified atom stereocenters. The van der Waals surface area contributed by atoms with Gasteiger partial charge in [0, 0.05) is 0 Å². The summed E-state index contributed by atoms with van der Waals surface area (Å²) in [5.74, 6) is 1.12. The summed E-state index contributed by atoms with van der Waals surface area (Å²) < 4.78 is 31.6. The normalized spacial score (nSPS) is 9.78. The van der Waals surface area contributed by atoms with Crippen LogP contribution in [0.5, 0.6) is 0 Å². The van der Waals surface area contributed by atoms with Crippen molar-refractivity contribution < 1.29 is 52.2 Å². The van der Waals surface area contributed by atoms with Crippen LogP contribution in [0.1, 0.15) is 33.3 Å². The van der Waals surface area contributed by atoms with Crippen molar-refractivity contribution in [2.75, 3.05) is 6.61 Å². The summed E-state index contributed by atoms with van der Waals surface area (Å²) in [6.45, 7) is 12.5. The number of allylic oxidation sites excluding steroid dienone is 1. The molecule has 23 heavy (non-hydrogen) atoms. The Morgan fingerprint density at radius 2 is 1.43 bits per heavy atom. The standard InChI is InChI=1S/C9H18O.C7H7.Na.H2O4S/c1-7(2)9(5-6-10)8(3)4;1-7-5-3-2-4-6-7;;1-5(2,3)4/h5,7-8,10H,6H2,1-4H3;2-6H,1H2;;(H2,1,2,3,4)/q;-1;+1;. The molecule has 0 heterocycles. The molecule has 0 saturated heterocycles. The van der Waals surface area contributed by atoms with E-state index in [1.54, 1.807) is 0 Å². The average Bonchev–Trinajstić information content (AvgIpc) is 2.34. The van der Waals surface area contributed by atoms with Crippen LogP contribution in [0.15, 0.2) is 42.0 Å². The zero-order valence-corrected chi connectivity index (χ0v) is 17.4. The maximum Gasteiger partial charge on any atom is 1.00 e. The third-order valence-electron chi connectivity index (χ3n) is 2.50. The van der Waals surface area contributed by atoms with Crippen LogP contribution in [0.3, 0.4) is 0 Å². The van der Waals surface area contributed by atoms with Gasteiger partial charge in [0.05, 0.1) is 6.61 Å². The Labute approximate surface area is 162 Å². The number of rotatable bonds is 3. The molecular formula is C16H27NaO5S. The Hall–Kier alpha value is -0.340. The van der Waals surface area contributed by atoms with Crippen LogP contribution in [0.4, 0.5) is 0 Å². The van der Waals surface area contributed by atoms with E-state index >= 15 is 0 Å². The summed E-state index contributed by atoms with van der Waals surface area (Å²) >= 11 is 0. The molecule has 3 N–H and O–H groups in total. The van der Waals surface area contributed by atoms with Crippen molar-refractivity contribution in [3.8, 4) is 0 Å². The molecule has 0 aliphatic heterocycles. The van der Waals surface area contributed by atoms with Crippen molar-refractivity contribution in [3.63, 3.8) is 0 Å². The molecule has 0 aliphatic carbocycles. The fraction of sp³-hybridized carbons (Fsp3) is 0.438. The molecule has 1 aromatic rings. The number of aliphatic hydroxyl groups is 1. The summed E-state index contributed by atoms with van der Waals surface area (Å²) in [4.78, 5) is 0. The van der Waals surface area contributed by atoms with Gasteiger partial charge in [-0.25, -0.2) is 0 Å². The Kier molecular flexibility index (Phi) is 18.2. The predicted octanol–water partition coefficient (Wildman–Crippen LogP) is 0.437. The second-order valence-electron chi connectivity index (χ2n) is 5.13. The third-order valence-corrected chi connectivity index (χ3v) is 2.50. The van der Waals surface area contributed by atoms with Crippen LogP contribution in [0.25, 0.3) is 0 Å². The molecule has 1 rings (SSSR count). The van der Waals surface area contributed by atoms with Crippen LogP contribution in [-0.4, -0.2) is 29.2 Å². The van der Waals surface area contributed by atoms with E-state index in [0.29, 0.717) is 11.8 Å². The van der Waals surface area contributed by atoms with Crippen LogP contribution in [0, 0.1) is 18.8 Å². The van der Waals surface area contributed by atoms with Crippen molar-refractivity contribution in [1.29, 1.82) is 0 Å². The predicted molar refractivity (Wildman–Crippen MR) is 89.9 cm³/mol. The quantitative estimate of drug-likeness (QED) is 0.317. The van der Waals surface area contributed by atoms with Crippen molar-refractivity contribution >= 4 is 10.4 Å². The molecule has 5 nitrogen and oxygen atoms in total. The molecule has 0 aromatic heterocycles. The fourth-order valence-corrected chi connectivity index (χ4v) is 1.72. The van der Waals surface area contributed by atoms with Crippen LogP contribution in [0.2, 0.25) is 0 Å². The summed E-state index contributed by atoms with van der Waals surface area (Å²) in [7, 11) is -4.67. The van der Waals surface area contributed by atoms with E-state index in [1.165, 1.54) is 5.57 Å². The van der Waals surface area contributed by atoms with Gasteiger partial charge < -0.3 is 5.11 Å². The van der Waals surface area contributed by atoms with E-state index < -0.39 is 10.4 Å². The monoisotopic (exact) mass is 354 g/mol. The Morgan fingerprint density at radius 3 is 1.57 bits per heavy atom. The molecule has 0 bridgehead atoms. The molecule has 1 aromatic carbocycles. The SMILES string of the molecule is CC(C)C(=CCO)C(C)C.O=S(=O)(O)O.[CH2-]c1ccccc1.[Na+]. The second-order valence-corrected chi connectivity index (χ2v) is 6.03. The Bertz CT molecular complexity index is 493. The van der Waals surface area contributed by atoms with E-state index in [4.69, 9.17) is 22.6 Å². The van der Waals surface area contributed by atoms with Gasteiger partial charge in [0.25, 0.3) is 0 Å². The molecule has 0 spiro atoms. The van der Waals surface area contributed by atoms with E-state index in [1.807, 2.05) is 36.4 Å². The molecule has 7 heteroatoms. The minimum absolute atomic E-state index is 0. The van der Waals surface area contributed by atoms with Crippen molar-refractivity contribution in [2.24, 2.45) is 11.8 Å². The minimum atomic E-state index is -4.67. The van der Waals surface area contributed by atoms with Gasteiger partial charge in [-0.1, -0.05) is 45.4 Å². The van der Waals surface area contributed by atoms with Gasteiger partial charge in [-0.05, 0) is 11.8 Å². The van der Waals surface area contributed by atoms with Gasteiger partial charge in [-0.2, -0.15) is 33.0 Å². The number of aliphatic hydroxyl groups excluding tert-OH is 1. The first-order chi connectivity index (χ1) is 9.99. The first-order valence-corrected chi connectivity index (χ1v) is 8.26. The van der Waals surface area contributed by atoms with Crippen molar-refractivity contribution in [3.05, 3.63) is 54.5 Å². The van der Waals surface area contributed by atoms with Gasteiger partial charge in [0.15, 0.2) is 0 Å². The van der Waals surface area contributed by atoms with Crippen molar-refractivity contribution in [1.82, 2.24) is 0 Å². The van der Waals surface area contributed by atoms with E-state index in [0.717, 1.165) is 5.56 Å². The van der Waals surface area contributed by atoms with Gasteiger partial charge >= 0.3 is 40.0 Å². The maximum absolute atomic E-state index is 8.74. The zero-order valence-electron chi connectivity index (χ0n) is 14.6. The van der Waals surface area contributed by atoms with Gasteiger partial charge in [0.2, 0.25) is 0 Å². The Morgan fingerprint density at radius 1 is 1.09 bits per heavy atom. The molecule has 0 atom stereocenters. The molecular weight excluding hydrogens is 327 g/mol. The fourth-order valence-electron chi connectivity index (χ4n) is 1.72. The summed E-state index contributed by atoms with van der Waals surface area (Å²) in [6, 6.07) is 9.87. The summed E-state index contributed by atoms with van der Waals surface area (Å²) in [6.07, 6.45) is 1.91. The molecule has 0 fully saturated rings. The molecule has 0 amide bonds. The maximum atomic E-state index is 8.74. The summed E-state index contributed by atoms with van der Waals surface area (Å²) in [5.41, 5.74) is 2.42. The molecule has 0 saturated carbocycles. The van der Waals surface area contributed by atoms with Gasteiger partial charge in [0.1, 0.15) is 0 Å². The molecule has 0 aliphatic rings. The molecule has 128 valence electrons. The largest absolute Gasteiger partial charge is 1.00 e. The first-order valence-electron chi connectivity index (χ1n) is 6.86. The van der Waals surface area contributed by atoms with E-state index in [9.17, 15) is 0 Å². The first kappa shape index (κ1) is 27.5. The topological polar surface area (TPSA) is 94.8 Å². The smallest absolute Gasteiger partial charge is 0.392 e. The third kappa shape index (κ3) is 24.0. The second kappa shape index (κ2) is 15.2. The number of hydrogen-bond acceptors (Lipinski definition) is 3. The van der Waals surface area contributed by atoms with Crippen LogP contribution < -0.4 is 29.6 Å². The number of benzene rings is 1. The zero-order chi connectivity index (χ0) is 17.8.